The molecule has 0 aromatic carbocycles. The van der Waals surface area contributed by atoms with E-state index >= 15 is 0 Å². The van der Waals surface area contributed by atoms with Gasteiger partial charge in [0.15, 0.2) is 12.1 Å². The van der Waals surface area contributed by atoms with Crippen molar-refractivity contribution in [2.45, 2.75) is 0 Å². The zero-order valence-corrected chi connectivity index (χ0v) is 6.05. The maximum absolute atomic E-state index is 8.74. The van der Waals surface area contributed by atoms with Gasteiger partial charge in [0.1, 0.15) is 0 Å². The smallest absolute Gasteiger partial charge is 0.264 e. The Labute approximate surface area is 63.7 Å². The van der Waals surface area contributed by atoms with Gasteiger partial charge in [-0.3, -0.25) is 9.11 Å². The summed E-state index contributed by atoms with van der Waals surface area (Å²) in [6, 6.07) is 2.47. The number of hydrogen-bond donors (Lipinski definition) is 2. The van der Waals surface area contributed by atoms with Crippen LogP contribution in [0.2, 0.25) is 0 Å². The molecule has 0 aliphatic heterocycles. The standard InChI is InChI=1S/C2N2.ClH.H2O4S/c3-1-2-4;;1-5(2,3)4/h;1H;(H2,1,2,3,4). The second kappa shape index (κ2) is 8.14. The van der Waals surface area contributed by atoms with E-state index in [1.165, 1.54) is 12.1 Å². The van der Waals surface area contributed by atoms with Crippen LogP contribution in [0.1, 0.15) is 0 Å². The van der Waals surface area contributed by atoms with Crippen molar-refractivity contribution in [3.63, 3.8) is 0 Å². The van der Waals surface area contributed by atoms with Crippen LogP contribution in [0.3, 0.4) is 0 Å². The van der Waals surface area contributed by atoms with Gasteiger partial charge in [-0.05, 0) is 0 Å². The molecule has 0 unspecified atom stereocenters. The number of nitrogens with zero attached hydrogens (tertiary/aromatic N) is 2. The Hall–Kier alpha value is -0.860. The van der Waals surface area contributed by atoms with E-state index in [0.29, 0.717) is 0 Å². The molecule has 0 atom stereocenters. The molecule has 0 aliphatic rings. The topological polar surface area (TPSA) is 122 Å². The molecule has 0 radical (unpaired) electrons. The first kappa shape index (κ1) is 16.1. The molecule has 0 spiro atoms. The Bertz CT molecular complexity index is 213. The molecule has 0 bridgehead atoms. The van der Waals surface area contributed by atoms with Gasteiger partial charge in [0.05, 0.1) is 0 Å². The average molecular weight is 187 g/mol. The van der Waals surface area contributed by atoms with E-state index in [-0.39, 0.29) is 12.4 Å². The number of halogens is 1. The monoisotopic (exact) mass is 186 g/mol. The molecule has 0 heterocycles. The molecule has 58 valence electrons. The third-order valence-corrected chi connectivity index (χ3v) is 0.0500. The molecular weight excluding hydrogens is 184 g/mol. The van der Waals surface area contributed by atoms with Gasteiger partial charge >= 0.3 is 10.4 Å². The van der Waals surface area contributed by atoms with Gasteiger partial charge < -0.3 is 0 Å². The zero-order chi connectivity index (χ0) is 7.91. The second-order valence-electron chi connectivity index (χ2n) is 0.671. The summed E-state index contributed by atoms with van der Waals surface area (Å²) >= 11 is 0. The summed E-state index contributed by atoms with van der Waals surface area (Å²) in [6.07, 6.45) is 0. The predicted octanol–water partition coefficient (Wildman–Crippen LogP) is -0.197. The maximum atomic E-state index is 8.74. The van der Waals surface area contributed by atoms with Crippen LogP contribution in [0.25, 0.3) is 0 Å². The van der Waals surface area contributed by atoms with Gasteiger partial charge in [0.2, 0.25) is 0 Å². The molecule has 10 heavy (non-hydrogen) atoms. The molecule has 0 aromatic rings. The molecule has 6 nitrogen and oxygen atoms in total. The molecule has 0 rings (SSSR count). The van der Waals surface area contributed by atoms with Crippen LogP contribution in [0.15, 0.2) is 0 Å². The Morgan fingerprint density at radius 1 is 1.10 bits per heavy atom. The summed E-state index contributed by atoms with van der Waals surface area (Å²) in [5.41, 5.74) is 0. The van der Waals surface area contributed by atoms with E-state index < -0.39 is 10.4 Å². The largest absolute Gasteiger partial charge is 0.394 e. The number of nitriles is 2. The average Bonchev–Trinajstić information content (AvgIpc) is 1.61. The first-order valence-electron chi connectivity index (χ1n) is 1.40. The molecule has 0 fully saturated rings. The van der Waals surface area contributed by atoms with Crippen molar-refractivity contribution in [3.8, 4) is 12.1 Å². The van der Waals surface area contributed by atoms with Crippen molar-refractivity contribution >= 4 is 22.8 Å². The highest BCUT2D eigenvalue weighted by Gasteiger charge is 1.84. The molecule has 8 heteroatoms. The summed E-state index contributed by atoms with van der Waals surface area (Å²) in [4.78, 5) is 0. The molecule has 0 amide bonds. The first-order valence-corrected chi connectivity index (χ1v) is 2.79. The lowest BCUT2D eigenvalue weighted by Gasteiger charge is -1.68. The maximum Gasteiger partial charge on any atom is 0.394 e. The fourth-order valence-corrected chi connectivity index (χ4v) is 0. The fraction of sp³-hybridized carbons (Fsp3) is 0. The van der Waals surface area contributed by atoms with Crippen LogP contribution in [0, 0.1) is 22.7 Å². The number of hydrogen-bond acceptors (Lipinski definition) is 4. The third-order valence-electron chi connectivity index (χ3n) is 0.0500. The van der Waals surface area contributed by atoms with Gasteiger partial charge in [-0.1, -0.05) is 0 Å². The van der Waals surface area contributed by atoms with Gasteiger partial charge in [0, 0.05) is 0 Å². The van der Waals surface area contributed by atoms with E-state index in [0.717, 1.165) is 0 Å². The first-order chi connectivity index (χ1) is 3.91. The highest BCUT2D eigenvalue weighted by molar-refractivity contribution is 7.79. The van der Waals surface area contributed by atoms with Crippen LogP contribution in [-0.4, -0.2) is 17.5 Å². The van der Waals surface area contributed by atoms with Crippen molar-refractivity contribution in [2.24, 2.45) is 0 Å². The highest BCUT2D eigenvalue weighted by atomic mass is 35.5. The summed E-state index contributed by atoms with van der Waals surface area (Å²) < 4.78 is 31.6. The van der Waals surface area contributed by atoms with E-state index in [4.69, 9.17) is 28.0 Å². The Morgan fingerprint density at radius 2 is 1.20 bits per heavy atom. The lowest BCUT2D eigenvalue weighted by molar-refractivity contribution is 0.381. The Balaban J connectivity index is -0.0000000910. The van der Waals surface area contributed by atoms with Gasteiger partial charge in [-0.15, -0.1) is 12.4 Å². The quantitative estimate of drug-likeness (QED) is 0.505. The summed E-state index contributed by atoms with van der Waals surface area (Å²) in [7, 11) is -4.67. The molecule has 0 saturated heterocycles. The zero-order valence-electron chi connectivity index (χ0n) is 4.42. The highest BCUT2D eigenvalue weighted by Crippen LogP contribution is 1.59. The minimum atomic E-state index is -4.67. The van der Waals surface area contributed by atoms with Crippen LogP contribution in [-0.2, 0) is 10.4 Å². The second-order valence-corrected chi connectivity index (χ2v) is 1.57. The van der Waals surface area contributed by atoms with Gasteiger partial charge in [-0.25, -0.2) is 0 Å². The van der Waals surface area contributed by atoms with Crippen molar-refractivity contribution in [1.29, 1.82) is 10.5 Å². The van der Waals surface area contributed by atoms with Crippen LogP contribution < -0.4 is 0 Å². The minimum absolute atomic E-state index is 0. The lowest BCUT2D eigenvalue weighted by Crippen LogP contribution is -1.89. The lowest BCUT2D eigenvalue weighted by atomic mass is 10.9. The van der Waals surface area contributed by atoms with Gasteiger partial charge in [0.25, 0.3) is 0 Å². The summed E-state index contributed by atoms with van der Waals surface area (Å²) in [5, 5.41) is 14.5. The molecule has 0 aromatic heterocycles. The minimum Gasteiger partial charge on any atom is -0.264 e. The normalized spacial score (nSPS) is 6.80. The third kappa shape index (κ3) is 13700. The van der Waals surface area contributed by atoms with Crippen LogP contribution in [0.4, 0.5) is 0 Å². The van der Waals surface area contributed by atoms with E-state index in [2.05, 4.69) is 0 Å². The van der Waals surface area contributed by atoms with E-state index in [9.17, 15) is 0 Å². The van der Waals surface area contributed by atoms with Crippen LogP contribution in [0.5, 0.6) is 0 Å². The summed E-state index contributed by atoms with van der Waals surface area (Å²) in [5.74, 6) is 0. The number of rotatable bonds is 0. The van der Waals surface area contributed by atoms with Crippen molar-refractivity contribution in [3.05, 3.63) is 0 Å². The van der Waals surface area contributed by atoms with Crippen molar-refractivity contribution < 1.29 is 17.5 Å². The molecular formula is C2H3ClN2O4S. The molecule has 2 N–H and O–H groups in total. The van der Waals surface area contributed by atoms with Crippen LogP contribution >= 0.6 is 12.4 Å². The Morgan fingerprint density at radius 3 is 1.20 bits per heavy atom. The van der Waals surface area contributed by atoms with Crippen molar-refractivity contribution in [1.82, 2.24) is 0 Å². The SMILES string of the molecule is Cl.N#CC#N.O=S(=O)(O)O. The van der Waals surface area contributed by atoms with E-state index in [1.807, 2.05) is 0 Å². The Kier molecular flexibility index (Phi) is 13.1. The predicted molar refractivity (Wildman–Crippen MR) is 32.7 cm³/mol. The fourth-order valence-electron chi connectivity index (χ4n) is 0. The molecule has 0 saturated carbocycles. The molecule has 0 aliphatic carbocycles. The summed E-state index contributed by atoms with van der Waals surface area (Å²) in [6.45, 7) is 0. The van der Waals surface area contributed by atoms with Gasteiger partial charge in [-0.2, -0.15) is 18.9 Å². The van der Waals surface area contributed by atoms with E-state index in [1.54, 1.807) is 0 Å². The van der Waals surface area contributed by atoms with Crippen molar-refractivity contribution in [2.75, 3.05) is 0 Å².